The molecule has 1 rings (SSSR count). The maximum atomic E-state index is 5.84. The third-order valence-electron chi connectivity index (χ3n) is 3.02. The highest BCUT2D eigenvalue weighted by Crippen LogP contribution is 2.20. The maximum Gasteiger partial charge on any atom is 0.183 e. The van der Waals surface area contributed by atoms with E-state index < -0.39 is 0 Å². The molecule has 2 nitrogen and oxygen atoms in total. The topological polar surface area (TPSA) is 16.1 Å². The van der Waals surface area contributed by atoms with Gasteiger partial charge in [-0.1, -0.05) is 45.2 Å². The van der Waals surface area contributed by atoms with E-state index in [4.69, 9.17) is 11.6 Å². The zero-order valence-electron chi connectivity index (χ0n) is 10.4. The SMILES string of the molecule is CCC(CC)CN(CC)Cc1cnc(Cl)s1. The molecule has 0 aliphatic rings. The summed E-state index contributed by atoms with van der Waals surface area (Å²) in [6, 6.07) is 0. The van der Waals surface area contributed by atoms with Gasteiger partial charge >= 0.3 is 0 Å². The molecular formula is C12H21ClN2S. The molecule has 0 unspecified atom stereocenters. The third-order valence-corrected chi connectivity index (χ3v) is 4.12. The second kappa shape index (κ2) is 7.25. The Bertz CT molecular complexity index is 297. The molecule has 1 aromatic rings. The average molecular weight is 261 g/mol. The highest BCUT2D eigenvalue weighted by molar-refractivity contribution is 7.15. The number of thiazole rings is 1. The lowest BCUT2D eigenvalue weighted by atomic mass is 10.0. The fourth-order valence-corrected chi connectivity index (χ4v) is 2.81. The molecule has 0 saturated carbocycles. The fraction of sp³-hybridized carbons (Fsp3) is 0.750. The molecule has 1 heterocycles. The largest absolute Gasteiger partial charge is 0.298 e. The van der Waals surface area contributed by atoms with Gasteiger partial charge < -0.3 is 0 Å². The van der Waals surface area contributed by atoms with E-state index in [9.17, 15) is 0 Å². The molecular weight excluding hydrogens is 240 g/mol. The van der Waals surface area contributed by atoms with E-state index in [1.807, 2.05) is 6.20 Å². The first-order chi connectivity index (χ1) is 7.69. The first kappa shape index (κ1) is 13.9. The van der Waals surface area contributed by atoms with Crippen molar-refractivity contribution < 1.29 is 0 Å². The molecule has 0 bridgehead atoms. The molecule has 0 amide bonds. The monoisotopic (exact) mass is 260 g/mol. The van der Waals surface area contributed by atoms with Crippen LogP contribution in [0.15, 0.2) is 6.20 Å². The van der Waals surface area contributed by atoms with Gasteiger partial charge in [-0.05, 0) is 12.5 Å². The molecule has 92 valence electrons. The number of aromatic nitrogens is 1. The molecule has 4 heteroatoms. The Morgan fingerprint density at radius 3 is 2.50 bits per heavy atom. The Morgan fingerprint density at radius 1 is 1.38 bits per heavy atom. The van der Waals surface area contributed by atoms with Crippen molar-refractivity contribution in [3.8, 4) is 0 Å². The lowest BCUT2D eigenvalue weighted by Gasteiger charge is -2.24. The minimum Gasteiger partial charge on any atom is -0.298 e. The Balaban J connectivity index is 2.48. The van der Waals surface area contributed by atoms with Crippen LogP contribution in [0.4, 0.5) is 0 Å². The van der Waals surface area contributed by atoms with Crippen molar-refractivity contribution in [3.63, 3.8) is 0 Å². The van der Waals surface area contributed by atoms with Gasteiger partial charge in [0.25, 0.3) is 0 Å². The van der Waals surface area contributed by atoms with Gasteiger partial charge in [-0.2, -0.15) is 0 Å². The van der Waals surface area contributed by atoms with E-state index in [1.165, 1.54) is 24.3 Å². The first-order valence-corrected chi connectivity index (χ1v) is 7.21. The van der Waals surface area contributed by atoms with Gasteiger partial charge in [-0.25, -0.2) is 4.98 Å². The summed E-state index contributed by atoms with van der Waals surface area (Å²) < 4.78 is 0.647. The number of halogens is 1. The van der Waals surface area contributed by atoms with Crippen LogP contribution in [-0.2, 0) is 6.54 Å². The Kier molecular flexibility index (Phi) is 6.32. The minimum absolute atomic E-state index is 0.647. The van der Waals surface area contributed by atoms with E-state index in [1.54, 1.807) is 11.3 Å². The van der Waals surface area contributed by atoms with Crippen LogP contribution >= 0.6 is 22.9 Å². The van der Waals surface area contributed by atoms with E-state index in [-0.39, 0.29) is 0 Å². The third kappa shape index (κ3) is 4.40. The lowest BCUT2D eigenvalue weighted by molar-refractivity contribution is 0.228. The van der Waals surface area contributed by atoms with E-state index in [0.717, 1.165) is 19.0 Å². The first-order valence-electron chi connectivity index (χ1n) is 6.02. The molecule has 0 fully saturated rings. The predicted octanol–water partition coefficient (Wildman–Crippen LogP) is 4.05. The Labute approximate surface area is 108 Å². The number of hydrogen-bond acceptors (Lipinski definition) is 3. The fourth-order valence-electron chi connectivity index (χ4n) is 1.79. The van der Waals surface area contributed by atoms with Crippen molar-refractivity contribution in [2.75, 3.05) is 13.1 Å². The lowest BCUT2D eigenvalue weighted by Crippen LogP contribution is -2.28. The van der Waals surface area contributed by atoms with E-state index in [0.29, 0.717) is 4.47 Å². The summed E-state index contributed by atoms with van der Waals surface area (Å²) in [6.07, 6.45) is 4.41. The highest BCUT2D eigenvalue weighted by Gasteiger charge is 2.11. The van der Waals surface area contributed by atoms with E-state index >= 15 is 0 Å². The van der Waals surface area contributed by atoms with Crippen LogP contribution in [0.1, 0.15) is 38.5 Å². The second-order valence-corrected chi connectivity index (χ2v) is 5.79. The Hall–Kier alpha value is -0.120. The summed E-state index contributed by atoms with van der Waals surface area (Å²) in [7, 11) is 0. The number of nitrogens with zero attached hydrogens (tertiary/aromatic N) is 2. The average Bonchev–Trinajstić information content (AvgIpc) is 2.70. The molecule has 0 aromatic carbocycles. The standard InChI is InChI=1S/C12H21ClN2S/c1-4-10(5-2)8-15(6-3)9-11-7-14-12(13)16-11/h7,10H,4-6,8-9H2,1-3H3. The predicted molar refractivity (Wildman–Crippen MR) is 72.1 cm³/mol. The summed E-state index contributed by atoms with van der Waals surface area (Å²) in [6.45, 7) is 10.0. The molecule has 0 aliphatic carbocycles. The van der Waals surface area contributed by atoms with E-state index in [2.05, 4.69) is 30.7 Å². The number of hydrogen-bond donors (Lipinski definition) is 0. The van der Waals surface area contributed by atoms with Crippen molar-refractivity contribution in [1.29, 1.82) is 0 Å². The van der Waals surface area contributed by atoms with Gasteiger partial charge in [0.05, 0.1) is 0 Å². The van der Waals surface area contributed by atoms with Gasteiger partial charge in [0.15, 0.2) is 4.47 Å². The quantitative estimate of drug-likeness (QED) is 0.735. The minimum atomic E-state index is 0.647. The van der Waals surface area contributed by atoms with Crippen molar-refractivity contribution in [2.45, 2.75) is 40.2 Å². The second-order valence-electron chi connectivity index (χ2n) is 4.09. The Morgan fingerprint density at radius 2 is 2.06 bits per heavy atom. The highest BCUT2D eigenvalue weighted by atomic mass is 35.5. The molecule has 0 N–H and O–H groups in total. The molecule has 0 saturated heterocycles. The van der Waals surface area contributed by atoms with Crippen molar-refractivity contribution in [2.24, 2.45) is 5.92 Å². The van der Waals surface area contributed by atoms with Crippen LogP contribution in [0.3, 0.4) is 0 Å². The van der Waals surface area contributed by atoms with Gasteiger partial charge in [0.2, 0.25) is 0 Å². The van der Waals surface area contributed by atoms with Crippen molar-refractivity contribution >= 4 is 22.9 Å². The molecule has 0 aliphatic heterocycles. The smallest absolute Gasteiger partial charge is 0.183 e. The van der Waals surface area contributed by atoms with Crippen LogP contribution in [0, 0.1) is 5.92 Å². The normalized spacial score (nSPS) is 11.6. The van der Waals surface area contributed by atoms with Gasteiger partial charge in [-0.15, -0.1) is 11.3 Å². The van der Waals surface area contributed by atoms with Crippen LogP contribution in [0.5, 0.6) is 0 Å². The summed E-state index contributed by atoms with van der Waals surface area (Å²) in [5.74, 6) is 0.809. The van der Waals surface area contributed by atoms with Crippen LogP contribution in [0.25, 0.3) is 0 Å². The molecule has 0 spiro atoms. The summed E-state index contributed by atoms with van der Waals surface area (Å²) in [5, 5.41) is 0. The van der Waals surface area contributed by atoms with Gasteiger partial charge in [0, 0.05) is 24.2 Å². The molecule has 1 aromatic heterocycles. The van der Waals surface area contributed by atoms with Gasteiger partial charge in [-0.3, -0.25) is 4.90 Å². The van der Waals surface area contributed by atoms with Crippen LogP contribution in [-0.4, -0.2) is 23.0 Å². The van der Waals surface area contributed by atoms with Crippen molar-refractivity contribution in [1.82, 2.24) is 9.88 Å². The molecule has 0 atom stereocenters. The van der Waals surface area contributed by atoms with Crippen LogP contribution < -0.4 is 0 Å². The maximum absolute atomic E-state index is 5.84. The molecule has 16 heavy (non-hydrogen) atoms. The summed E-state index contributed by atoms with van der Waals surface area (Å²) in [4.78, 5) is 7.82. The summed E-state index contributed by atoms with van der Waals surface area (Å²) >= 11 is 7.42. The van der Waals surface area contributed by atoms with Crippen molar-refractivity contribution in [3.05, 3.63) is 15.5 Å². The molecule has 0 radical (unpaired) electrons. The van der Waals surface area contributed by atoms with Crippen LogP contribution in [0.2, 0.25) is 4.47 Å². The number of rotatable bonds is 7. The zero-order chi connectivity index (χ0) is 12.0. The zero-order valence-corrected chi connectivity index (χ0v) is 11.9. The van der Waals surface area contributed by atoms with Gasteiger partial charge in [0.1, 0.15) is 0 Å². The summed E-state index contributed by atoms with van der Waals surface area (Å²) in [5.41, 5.74) is 0.